The first-order chi connectivity index (χ1) is 29.9. The summed E-state index contributed by atoms with van der Waals surface area (Å²) in [6.45, 7) is 9.30. The molecule has 2 aliphatic carbocycles. The van der Waals surface area contributed by atoms with E-state index in [9.17, 15) is 0 Å². The zero-order valence-electron chi connectivity index (χ0n) is 35.2. The molecular formula is C60H47N. The van der Waals surface area contributed by atoms with E-state index in [1.807, 2.05) is 0 Å². The Morgan fingerprint density at radius 3 is 1.43 bits per heavy atom. The van der Waals surface area contributed by atoms with Gasteiger partial charge >= 0.3 is 0 Å². The molecule has 0 aliphatic heterocycles. The Balaban J connectivity index is 1.23. The largest absolute Gasteiger partial charge is 0.310 e. The van der Waals surface area contributed by atoms with Crippen LogP contribution in [-0.2, 0) is 10.8 Å². The summed E-state index contributed by atoms with van der Waals surface area (Å²) in [5.74, 6) is 0. The second-order valence-electron chi connectivity index (χ2n) is 17.4. The summed E-state index contributed by atoms with van der Waals surface area (Å²) in [4.78, 5) is 2.56. The molecule has 0 saturated heterocycles. The molecule has 0 unspecified atom stereocenters. The van der Waals surface area contributed by atoms with E-state index in [-0.39, 0.29) is 5.41 Å². The summed E-state index contributed by atoms with van der Waals surface area (Å²) in [6.07, 6.45) is 0. The maximum Gasteiger partial charge on any atom is 0.0714 e. The highest BCUT2D eigenvalue weighted by atomic mass is 15.1. The lowest BCUT2D eigenvalue weighted by Crippen LogP contribution is -2.28. The van der Waals surface area contributed by atoms with Gasteiger partial charge in [-0.3, -0.25) is 0 Å². The van der Waals surface area contributed by atoms with Crippen LogP contribution in [0.4, 0.5) is 17.1 Å². The van der Waals surface area contributed by atoms with Gasteiger partial charge in [-0.15, -0.1) is 0 Å². The summed E-state index contributed by atoms with van der Waals surface area (Å²) in [6, 6.07) is 79.2. The molecule has 0 spiro atoms. The summed E-state index contributed by atoms with van der Waals surface area (Å²) in [5, 5.41) is 0. The lowest BCUT2D eigenvalue weighted by Gasteiger charge is -2.35. The van der Waals surface area contributed by atoms with Crippen LogP contribution in [0, 0.1) is 13.8 Å². The minimum absolute atomic E-state index is 0.159. The Morgan fingerprint density at radius 2 is 0.803 bits per heavy atom. The third kappa shape index (κ3) is 5.61. The van der Waals surface area contributed by atoms with Crippen molar-refractivity contribution in [3.8, 4) is 44.5 Å². The number of hydrogen-bond donors (Lipinski definition) is 0. The van der Waals surface area contributed by atoms with Crippen molar-refractivity contribution in [2.24, 2.45) is 0 Å². The molecule has 0 N–H and O–H groups in total. The molecule has 0 amide bonds. The number of rotatable bonds is 7. The minimum Gasteiger partial charge on any atom is -0.310 e. The van der Waals surface area contributed by atoms with Crippen molar-refractivity contribution in [2.45, 2.75) is 38.5 Å². The zero-order chi connectivity index (χ0) is 41.3. The highest BCUT2D eigenvalue weighted by molar-refractivity contribution is 5.96. The first-order valence-electron chi connectivity index (χ1n) is 21.5. The second kappa shape index (κ2) is 14.2. The van der Waals surface area contributed by atoms with Crippen LogP contribution >= 0.6 is 0 Å². The fourth-order valence-electron chi connectivity index (χ4n) is 10.8. The molecule has 9 aromatic carbocycles. The van der Waals surface area contributed by atoms with E-state index >= 15 is 0 Å². The number of anilines is 3. The van der Waals surface area contributed by atoms with Gasteiger partial charge in [-0.05, 0) is 134 Å². The lowest BCUT2D eigenvalue weighted by molar-refractivity contribution is 0.660. The van der Waals surface area contributed by atoms with Gasteiger partial charge in [-0.1, -0.05) is 190 Å². The average Bonchev–Trinajstić information content (AvgIpc) is 3.73. The fraction of sp³-hybridized carbons (Fsp3) is 0.100. The SMILES string of the molecule is Cc1ccccc1-c1cc(-c2ccccc2)cc(C)c1N(c1ccc2c(c1)C(C)(C)c1ccccc1-2)c1ccc2c(c1)C(c1ccccc1)(c1ccccc1)c1ccccc1-2. The van der Waals surface area contributed by atoms with Crippen LogP contribution in [0.25, 0.3) is 44.5 Å². The van der Waals surface area contributed by atoms with Crippen LogP contribution in [-0.4, -0.2) is 0 Å². The van der Waals surface area contributed by atoms with Crippen molar-refractivity contribution in [1.29, 1.82) is 0 Å². The molecule has 2 aliphatic rings. The van der Waals surface area contributed by atoms with Crippen molar-refractivity contribution in [3.05, 3.63) is 257 Å². The Labute approximate surface area is 360 Å². The van der Waals surface area contributed by atoms with E-state index in [0.717, 1.165) is 11.4 Å². The summed E-state index contributed by atoms with van der Waals surface area (Å²) >= 11 is 0. The van der Waals surface area contributed by atoms with Crippen molar-refractivity contribution in [2.75, 3.05) is 4.90 Å². The van der Waals surface area contributed by atoms with Gasteiger partial charge in [0.1, 0.15) is 0 Å². The Bertz CT molecular complexity index is 3080. The van der Waals surface area contributed by atoms with Gasteiger partial charge in [-0.25, -0.2) is 0 Å². The molecule has 9 aromatic rings. The van der Waals surface area contributed by atoms with Gasteiger partial charge in [0.25, 0.3) is 0 Å². The molecule has 1 heteroatoms. The normalized spacial score (nSPS) is 13.8. The third-order valence-corrected chi connectivity index (χ3v) is 13.6. The molecule has 0 atom stereocenters. The summed E-state index contributed by atoms with van der Waals surface area (Å²) in [7, 11) is 0. The van der Waals surface area contributed by atoms with Crippen LogP contribution in [0.3, 0.4) is 0 Å². The van der Waals surface area contributed by atoms with Crippen molar-refractivity contribution >= 4 is 17.1 Å². The van der Waals surface area contributed by atoms with Gasteiger partial charge in [-0.2, -0.15) is 0 Å². The molecule has 11 rings (SSSR count). The van der Waals surface area contributed by atoms with E-state index in [1.54, 1.807) is 0 Å². The molecule has 0 radical (unpaired) electrons. The highest BCUT2D eigenvalue weighted by Gasteiger charge is 2.46. The van der Waals surface area contributed by atoms with E-state index < -0.39 is 5.41 Å². The predicted octanol–water partition coefficient (Wildman–Crippen LogP) is 15.8. The Morgan fingerprint density at radius 1 is 0.328 bits per heavy atom. The molecule has 1 nitrogen and oxygen atoms in total. The number of nitrogens with zero attached hydrogens (tertiary/aromatic N) is 1. The molecule has 292 valence electrons. The monoisotopic (exact) mass is 781 g/mol. The number of aryl methyl sites for hydroxylation is 2. The van der Waals surface area contributed by atoms with Crippen LogP contribution in [0.15, 0.2) is 212 Å². The number of fused-ring (bicyclic) bond motifs is 6. The standard InChI is InChI=1S/C60H47N/c1-40-20-14-15-27-48(40)53-37-43(42-21-8-5-9-22-42)36-41(2)58(53)61(46-32-34-51-49-28-16-18-30-54(49)59(3,4)56(51)38-46)47-33-35-52-50-29-17-19-31-55(50)60(57(52)39-47,44-23-10-6-11-24-44)45-25-12-7-13-26-45/h5-39H,1-4H3. The van der Waals surface area contributed by atoms with Gasteiger partial charge < -0.3 is 4.90 Å². The first-order valence-corrected chi connectivity index (χ1v) is 21.5. The molecule has 61 heavy (non-hydrogen) atoms. The highest BCUT2D eigenvalue weighted by Crippen LogP contribution is 2.58. The molecule has 0 saturated carbocycles. The van der Waals surface area contributed by atoms with E-state index in [0.29, 0.717) is 0 Å². The van der Waals surface area contributed by atoms with Gasteiger partial charge in [0.05, 0.1) is 11.1 Å². The van der Waals surface area contributed by atoms with E-state index in [4.69, 9.17) is 0 Å². The molecule has 0 fully saturated rings. The first kappa shape index (κ1) is 36.8. The van der Waals surface area contributed by atoms with Crippen LogP contribution in [0.2, 0.25) is 0 Å². The van der Waals surface area contributed by atoms with Gasteiger partial charge in [0.2, 0.25) is 0 Å². The number of benzene rings is 9. The fourth-order valence-corrected chi connectivity index (χ4v) is 10.8. The topological polar surface area (TPSA) is 3.24 Å². The summed E-state index contributed by atoms with van der Waals surface area (Å²) < 4.78 is 0. The van der Waals surface area contributed by atoms with Crippen molar-refractivity contribution < 1.29 is 0 Å². The Kier molecular flexibility index (Phi) is 8.58. The molecule has 0 aromatic heterocycles. The minimum atomic E-state index is -0.525. The van der Waals surface area contributed by atoms with E-state index in [1.165, 1.54) is 94.7 Å². The third-order valence-electron chi connectivity index (χ3n) is 13.6. The van der Waals surface area contributed by atoms with Crippen LogP contribution in [0.5, 0.6) is 0 Å². The molecular weight excluding hydrogens is 735 g/mol. The lowest BCUT2D eigenvalue weighted by atomic mass is 9.67. The van der Waals surface area contributed by atoms with Crippen molar-refractivity contribution in [3.63, 3.8) is 0 Å². The average molecular weight is 782 g/mol. The summed E-state index contributed by atoms with van der Waals surface area (Å²) in [5.41, 5.74) is 23.1. The zero-order valence-corrected chi connectivity index (χ0v) is 35.2. The maximum atomic E-state index is 2.56. The quantitative estimate of drug-likeness (QED) is 0.156. The number of hydrogen-bond acceptors (Lipinski definition) is 1. The van der Waals surface area contributed by atoms with Crippen LogP contribution < -0.4 is 4.90 Å². The van der Waals surface area contributed by atoms with Gasteiger partial charge in [0.15, 0.2) is 0 Å². The van der Waals surface area contributed by atoms with Crippen LogP contribution in [0.1, 0.15) is 58.4 Å². The van der Waals surface area contributed by atoms with Gasteiger partial charge in [0, 0.05) is 22.4 Å². The Hall–Kier alpha value is -7.22. The van der Waals surface area contributed by atoms with E-state index in [2.05, 4.69) is 245 Å². The second-order valence-corrected chi connectivity index (χ2v) is 17.4. The maximum absolute atomic E-state index is 2.56. The van der Waals surface area contributed by atoms with Crippen molar-refractivity contribution in [1.82, 2.24) is 0 Å². The predicted molar refractivity (Wildman–Crippen MR) is 256 cm³/mol. The molecule has 0 bridgehead atoms. The smallest absolute Gasteiger partial charge is 0.0714 e. The molecule has 0 heterocycles.